The Morgan fingerprint density at radius 2 is 1.62 bits per heavy atom. The lowest BCUT2D eigenvalue weighted by atomic mass is 10.1. The maximum absolute atomic E-state index is 9.09. The zero-order valence-corrected chi connectivity index (χ0v) is 9.69. The molecule has 1 atom stereocenters. The van der Waals surface area contributed by atoms with Gasteiger partial charge >= 0.3 is 0 Å². The normalized spacial score (nSPS) is 12.1. The lowest BCUT2D eigenvalue weighted by molar-refractivity contribution is 0.260. The highest BCUT2D eigenvalue weighted by Crippen LogP contribution is 2.37. The predicted molar refractivity (Wildman–Crippen MR) is 60.1 cm³/mol. The first kappa shape index (κ1) is 12.6. The Hall–Kier alpha value is -1.46. The van der Waals surface area contributed by atoms with Gasteiger partial charge in [0.05, 0.1) is 39.5 Å². The molecule has 1 unspecified atom stereocenters. The van der Waals surface area contributed by atoms with Gasteiger partial charge < -0.3 is 25.1 Å². The summed E-state index contributed by atoms with van der Waals surface area (Å²) in [6.07, 6.45) is 0. The molecule has 0 aromatic heterocycles. The maximum atomic E-state index is 9.09. The van der Waals surface area contributed by atoms with E-state index in [1.807, 2.05) is 0 Å². The Morgan fingerprint density at radius 1 is 1.12 bits per heavy atom. The zero-order valence-electron chi connectivity index (χ0n) is 9.69. The van der Waals surface area contributed by atoms with Crippen LogP contribution in [0.4, 0.5) is 0 Å². The van der Waals surface area contributed by atoms with Crippen LogP contribution in [-0.4, -0.2) is 33.0 Å². The number of benzene rings is 1. The predicted octanol–water partition coefficient (Wildman–Crippen LogP) is 0.704. The van der Waals surface area contributed by atoms with E-state index < -0.39 is 6.04 Å². The molecule has 0 radical (unpaired) electrons. The molecule has 0 aliphatic rings. The van der Waals surface area contributed by atoms with E-state index in [-0.39, 0.29) is 6.61 Å². The number of ether oxygens (including phenoxy) is 3. The largest absolute Gasteiger partial charge is 0.496 e. The fourth-order valence-electron chi connectivity index (χ4n) is 1.49. The van der Waals surface area contributed by atoms with Crippen LogP contribution in [0.3, 0.4) is 0 Å². The van der Waals surface area contributed by atoms with Crippen LogP contribution in [-0.2, 0) is 0 Å². The van der Waals surface area contributed by atoms with Crippen LogP contribution in [0.1, 0.15) is 11.6 Å². The number of nitrogens with two attached hydrogens (primary N) is 1. The standard InChI is InChI=1S/C11H17NO4/c1-14-7-4-9(15-2)11(8(12)6-13)10(5-7)16-3/h4-5,8,13H,6,12H2,1-3H3. The van der Waals surface area contributed by atoms with Gasteiger partial charge in [-0.15, -0.1) is 0 Å². The number of methoxy groups -OCH3 is 3. The molecule has 0 saturated carbocycles. The van der Waals surface area contributed by atoms with Gasteiger partial charge in [0.1, 0.15) is 17.2 Å². The van der Waals surface area contributed by atoms with Gasteiger partial charge in [0.25, 0.3) is 0 Å². The average Bonchev–Trinajstić information content (AvgIpc) is 2.35. The van der Waals surface area contributed by atoms with Crippen molar-refractivity contribution in [3.63, 3.8) is 0 Å². The Labute approximate surface area is 94.7 Å². The molecular formula is C11H17NO4. The number of hydrogen-bond donors (Lipinski definition) is 2. The van der Waals surface area contributed by atoms with Gasteiger partial charge in [-0.1, -0.05) is 0 Å². The van der Waals surface area contributed by atoms with Crippen LogP contribution >= 0.6 is 0 Å². The van der Waals surface area contributed by atoms with Crippen molar-refractivity contribution in [3.8, 4) is 17.2 Å². The molecule has 90 valence electrons. The lowest BCUT2D eigenvalue weighted by Gasteiger charge is -2.18. The van der Waals surface area contributed by atoms with E-state index in [0.29, 0.717) is 22.8 Å². The zero-order chi connectivity index (χ0) is 12.1. The number of aliphatic hydroxyl groups excluding tert-OH is 1. The molecule has 16 heavy (non-hydrogen) atoms. The summed E-state index contributed by atoms with van der Waals surface area (Å²) in [5.74, 6) is 1.69. The summed E-state index contributed by atoms with van der Waals surface area (Å²) >= 11 is 0. The van der Waals surface area contributed by atoms with Crippen LogP contribution < -0.4 is 19.9 Å². The second kappa shape index (κ2) is 5.58. The highest BCUT2D eigenvalue weighted by atomic mass is 16.5. The molecule has 0 amide bonds. The van der Waals surface area contributed by atoms with E-state index in [9.17, 15) is 0 Å². The summed E-state index contributed by atoms with van der Waals surface area (Å²) < 4.78 is 15.5. The van der Waals surface area contributed by atoms with Crippen LogP contribution in [0.15, 0.2) is 12.1 Å². The number of rotatable bonds is 5. The summed E-state index contributed by atoms with van der Waals surface area (Å²) in [5.41, 5.74) is 6.42. The minimum atomic E-state index is -0.546. The molecule has 5 nitrogen and oxygen atoms in total. The van der Waals surface area contributed by atoms with Crippen molar-refractivity contribution in [2.45, 2.75) is 6.04 Å². The molecule has 0 saturated heterocycles. The number of aliphatic hydroxyl groups is 1. The Bertz CT molecular complexity index is 329. The molecule has 0 bridgehead atoms. The van der Waals surface area contributed by atoms with Crippen LogP contribution in [0.2, 0.25) is 0 Å². The fourth-order valence-corrected chi connectivity index (χ4v) is 1.49. The molecule has 1 rings (SSSR count). The lowest BCUT2D eigenvalue weighted by Crippen LogP contribution is -2.16. The van der Waals surface area contributed by atoms with Gasteiger partial charge in [-0.2, -0.15) is 0 Å². The fraction of sp³-hybridized carbons (Fsp3) is 0.455. The Kier molecular flexibility index (Phi) is 4.39. The Morgan fingerprint density at radius 3 is 1.94 bits per heavy atom. The second-order valence-corrected chi connectivity index (χ2v) is 3.23. The third-order valence-corrected chi connectivity index (χ3v) is 2.32. The molecule has 0 spiro atoms. The maximum Gasteiger partial charge on any atom is 0.131 e. The molecule has 0 aliphatic carbocycles. The monoisotopic (exact) mass is 227 g/mol. The highest BCUT2D eigenvalue weighted by molar-refractivity contribution is 5.52. The topological polar surface area (TPSA) is 73.9 Å². The van der Waals surface area contributed by atoms with Crippen molar-refractivity contribution >= 4 is 0 Å². The van der Waals surface area contributed by atoms with Gasteiger partial charge in [0.15, 0.2) is 0 Å². The van der Waals surface area contributed by atoms with E-state index in [0.717, 1.165) is 0 Å². The van der Waals surface area contributed by atoms with E-state index in [2.05, 4.69) is 0 Å². The quantitative estimate of drug-likeness (QED) is 0.774. The molecule has 1 aromatic carbocycles. The summed E-state index contributed by atoms with van der Waals surface area (Å²) in [6, 6.07) is 2.86. The van der Waals surface area contributed by atoms with Gasteiger partial charge in [0, 0.05) is 12.1 Å². The van der Waals surface area contributed by atoms with Crippen molar-refractivity contribution in [1.29, 1.82) is 0 Å². The average molecular weight is 227 g/mol. The number of hydrogen-bond acceptors (Lipinski definition) is 5. The third kappa shape index (κ3) is 2.37. The van der Waals surface area contributed by atoms with Gasteiger partial charge in [-0.25, -0.2) is 0 Å². The molecule has 0 fully saturated rings. The van der Waals surface area contributed by atoms with Crippen LogP contribution in [0.5, 0.6) is 17.2 Å². The SMILES string of the molecule is COc1cc(OC)c(C(N)CO)c(OC)c1. The minimum absolute atomic E-state index is 0.181. The summed E-state index contributed by atoms with van der Waals surface area (Å²) in [5, 5.41) is 9.09. The molecule has 0 heterocycles. The van der Waals surface area contributed by atoms with E-state index in [1.165, 1.54) is 14.2 Å². The molecule has 1 aromatic rings. The van der Waals surface area contributed by atoms with E-state index in [4.69, 9.17) is 25.1 Å². The first-order valence-electron chi connectivity index (χ1n) is 4.84. The molecule has 0 aliphatic heterocycles. The van der Waals surface area contributed by atoms with Gasteiger partial charge in [-0.3, -0.25) is 0 Å². The van der Waals surface area contributed by atoms with Gasteiger partial charge in [-0.05, 0) is 0 Å². The van der Waals surface area contributed by atoms with Crippen molar-refractivity contribution in [3.05, 3.63) is 17.7 Å². The van der Waals surface area contributed by atoms with Crippen molar-refractivity contribution in [2.75, 3.05) is 27.9 Å². The molecular weight excluding hydrogens is 210 g/mol. The smallest absolute Gasteiger partial charge is 0.131 e. The summed E-state index contributed by atoms with van der Waals surface area (Å²) in [4.78, 5) is 0. The third-order valence-electron chi connectivity index (χ3n) is 2.32. The first-order chi connectivity index (χ1) is 7.67. The van der Waals surface area contributed by atoms with Crippen molar-refractivity contribution < 1.29 is 19.3 Å². The van der Waals surface area contributed by atoms with E-state index in [1.54, 1.807) is 19.2 Å². The molecule has 3 N–H and O–H groups in total. The summed E-state index contributed by atoms with van der Waals surface area (Å²) in [7, 11) is 4.61. The van der Waals surface area contributed by atoms with Crippen LogP contribution in [0, 0.1) is 0 Å². The molecule has 5 heteroatoms. The Balaban J connectivity index is 3.31. The second-order valence-electron chi connectivity index (χ2n) is 3.23. The minimum Gasteiger partial charge on any atom is -0.496 e. The van der Waals surface area contributed by atoms with E-state index >= 15 is 0 Å². The highest BCUT2D eigenvalue weighted by Gasteiger charge is 2.18. The first-order valence-corrected chi connectivity index (χ1v) is 4.84. The van der Waals surface area contributed by atoms with Gasteiger partial charge in [0.2, 0.25) is 0 Å². The summed E-state index contributed by atoms with van der Waals surface area (Å²) in [6.45, 7) is -0.181. The van der Waals surface area contributed by atoms with Crippen LogP contribution in [0.25, 0.3) is 0 Å². The van der Waals surface area contributed by atoms with Crippen molar-refractivity contribution in [1.82, 2.24) is 0 Å². The van der Waals surface area contributed by atoms with Crippen molar-refractivity contribution in [2.24, 2.45) is 5.73 Å².